The van der Waals surface area contributed by atoms with Crippen molar-refractivity contribution in [3.63, 3.8) is 0 Å². The lowest BCUT2D eigenvalue weighted by Gasteiger charge is -2.39. The molecule has 2 aliphatic rings. The molecule has 0 saturated heterocycles. The Kier molecular flexibility index (Phi) is 5.37. The number of halogens is 3. The molecule has 9 heteroatoms. The maximum atomic E-state index is 13.4. The van der Waals surface area contributed by atoms with Gasteiger partial charge in [-0.2, -0.15) is 0 Å². The average molecular weight is 453 g/mol. The summed E-state index contributed by atoms with van der Waals surface area (Å²) in [6.07, 6.45) is 2.29. The number of aliphatic hydroxyl groups is 1. The van der Waals surface area contributed by atoms with Gasteiger partial charge in [0.2, 0.25) is 0 Å². The fourth-order valence-corrected chi connectivity index (χ4v) is 6.77. The first-order valence-electron chi connectivity index (χ1n) is 10.0. The number of fused-ring (bicyclic) bond motifs is 2. The molecular formula is C22H22F3NO4S. The van der Waals surface area contributed by atoms with Crippen LogP contribution in [0.25, 0.3) is 0 Å². The molecule has 2 aromatic carbocycles. The van der Waals surface area contributed by atoms with Crippen molar-refractivity contribution >= 4 is 21.4 Å². The van der Waals surface area contributed by atoms with E-state index in [1.165, 1.54) is 24.3 Å². The third-order valence-electron chi connectivity index (χ3n) is 6.72. The number of rotatable bonds is 4. The summed E-state index contributed by atoms with van der Waals surface area (Å²) >= 11 is 0. The van der Waals surface area contributed by atoms with Crippen LogP contribution in [0.4, 0.5) is 18.9 Å². The SMILES string of the molecule is CC1(O)C2CCC1CC(S(=O)(=O)c1cccc(C(=O)Nc3cc(F)c(F)c(F)c3)c1)C2. The Hall–Kier alpha value is -2.39. The number of carbonyl (C=O) groups is 1. The highest BCUT2D eigenvalue weighted by molar-refractivity contribution is 7.92. The smallest absolute Gasteiger partial charge is 0.255 e. The van der Waals surface area contributed by atoms with E-state index in [1.807, 2.05) is 0 Å². The molecule has 166 valence electrons. The third kappa shape index (κ3) is 3.85. The average Bonchev–Trinajstić information content (AvgIpc) is 2.88. The fourth-order valence-electron chi connectivity index (χ4n) is 4.86. The molecule has 31 heavy (non-hydrogen) atoms. The lowest BCUT2D eigenvalue weighted by molar-refractivity contribution is -0.0413. The quantitative estimate of drug-likeness (QED) is 0.684. The number of hydrogen-bond donors (Lipinski definition) is 2. The molecule has 2 aliphatic carbocycles. The number of sulfone groups is 1. The summed E-state index contributed by atoms with van der Waals surface area (Å²) in [5.74, 6) is -5.49. The van der Waals surface area contributed by atoms with E-state index in [0.29, 0.717) is 25.0 Å². The van der Waals surface area contributed by atoms with E-state index >= 15 is 0 Å². The summed E-state index contributed by atoms with van der Waals surface area (Å²) < 4.78 is 66.3. The zero-order valence-electron chi connectivity index (χ0n) is 16.7. The molecule has 2 N–H and O–H groups in total. The van der Waals surface area contributed by atoms with Crippen LogP contribution in [0, 0.1) is 29.3 Å². The first kappa shape index (κ1) is 21.8. The van der Waals surface area contributed by atoms with Crippen LogP contribution < -0.4 is 5.32 Å². The first-order chi connectivity index (χ1) is 14.5. The fraction of sp³-hybridized carbons (Fsp3) is 0.409. The van der Waals surface area contributed by atoms with E-state index in [-0.39, 0.29) is 28.0 Å². The van der Waals surface area contributed by atoms with Gasteiger partial charge in [0.1, 0.15) is 0 Å². The van der Waals surface area contributed by atoms with Gasteiger partial charge in [-0.3, -0.25) is 4.79 Å². The Labute approximate surface area is 178 Å². The van der Waals surface area contributed by atoms with Gasteiger partial charge in [0.15, 0.2) is 27.3 Å². The molecule has 0 aliphatic heterocycles. The maximum Gasteiger partial charge on any atom is 0.255 e. The Morgan fingerprint density at radius 3 is 2.23 bits per heavy atom. The zero-order chi connectivity index (χ0) is 22.6. The van der Waals surface area contributed by atoms with E-state index in [2.05, 4.69) is 5.32 Å². The van der Waals surface area contributed by atoms with Crippen molar-refractivity contribution < 1.29 is 31.5 Å². The molecule has 2 saturated carbocycles. The van der Waals surface area contributed by atoms with Crippen LogP contribution >= 0.6 is 0 Å². The highest BCUT2D eigenvalue weighted by Crippen LogP contribution is 2.51. The number of amides is 1. The second-order valence-corrected chi connectivity index (χ2v) is 10.8. The summed E-state index contributed by atoms with van der Waals surface area (Å²) in [5, 5.41) is 12.2. The van der Waals surface area contributed by atoms with Gasteiger partial charge < -0.3 is 10.4 Å². The molecule has 1 amide bonds. The summed E-state index contributed by atoms with van der Waals surface area (Å²) in [6.45, 7) is 1.77. The first-order valence-corrected chi connectivity index (χ1v) is 11.6. The molecule has 0 heterocycles. The number of hydrogen-bond acceptors (Lipinski definition) is 4. The Morgan fingerprint density at radius 2 is 1.65 bits per heavy atom. The van der Waals surface area contributed by atoms with E-state index in [4.69, 9.17) is 0 Å². The number of anilines is 1. The topological polar surface area (TPSA) is 83.5 Å². The van der Waals surface area contributed by atoms with Crippen LogP contribution in [0.3, 0.4) is 0 Å². The predicted octanol–water partition coefficient (Wildman–Crippen LogP) is 4.07. The minimum Gasteiger partial charge on any atom is -0.390 e. The zero-order valence-corrected chi connectivity index (χ0v) is 17.6. The summed E-state index contributed by atoms with van der Waals surface area (Å²) in [4.78, 5) is 12.5. The molecule has 0 aromatic heterocycles. The van der Waals surface area contributed by atoms with Gasteiger partial charge in [-0.25, -0.2) is 21.6 Å². The number of carbonyl (C=O) groups excluding carboxylic acids is 1. The highest BCUT2D eigenvalue weighted by Gasteiger charge is 2.52. The maximum absolute atomic E-state index is 13.4. The largest absolute Gasteiger partial charge is 0.390 e. The summed E-state index contributed by atoms with van der Waals surface area (Å²) in [5.41, 5.74) is -1.16. The van der Waals surface area contributed by atoms with E-state index in [9.17, 15) is 31.5 Å². The third-order valence-corrected chi connectivity index (χ3v) is 8.89. The monoisotopic (exact) mass is 453 g/mol. The van der Waals surface area contributed by atoms with Crippen LogP contribution in [0.15, 0.2) is 41.3 Å². The van der Waals surface area contributed by atoms with E-state index < -0.39 is 44.0 Å². The Morgan fingerprint density at radius 1 is 1.06 bits per heavy atom. The van der Waals surface area contributed by atoms with Gasteiger partial charge in [0.05, 0.1) is 15.7 Å². The normalized spacial score (nSPS) is 27.8. The molecule has 4 rings (SSSR count). The van der Waals surface area contributed by atoms with Crippen LogP contribution in [0.1, 0.15) is 43.0 Å². The van der Waals surface area contributed by atoms with Crippen LogP contribution in [0.2, 0.25) is 0 Å². The number of nitrogens with one attached hydrogen (secondary N) is 1. The Balaban J connectivity index is 1.56. The molecule has 5 nitrogen and oxygen atoms in total. The molecule has 2 unspecified atom stereocenters. The summed E-state index contributed by atoms with van der Waals surface area (Å²) in [7, 11) is -3.75. The molecule has 2 fully saturated rings. The predicted molar refractivity (Wildman–Crippen MR) is 108 cm³/mol. The van der Waals surface area contributed by atoms with Gasteiger partial charge in [-0.05, 0) is 62.6 Å². The van der Waals surface area contributed by atoms with Crippen molar-refractivity contribution in [3.8, 4) is 0 Å². The van der Waals surface area contributed by atoms with Gasteiger partial charge in [-0.15, -0.1) is 0 Å². The van der Waals surface area contributed by atoms with Gasteiger partial charge in [0.25, 0.3) is 5.91 Å². The van der Waals surface area contributed by atoms with Crippen LogP contribution in [-0.2, 0) is 9.84 Å². The van der Waals surface area contributed by atoms with Gasteiger partial charge in [0, 0.05) is 23.4 Å². The van der Waals surface area contributed by atoms with Crippen molar-refractivity contribution in [1.82, 2.24) is 0 Å². The van der Waals surface area contributed by atoms with Gasteiger partial charge in [-0.1, -0.05) is 6.07 Å². The lowest BCUT2D eigenvalue weighted by Crippen LogP contribution is -2.45. The van der Waals surface area contributed by atoms with E-state index in [0.717, 1.165) is 12.8 Å². The Bertz CT molecular complexity index is 1110. The minimum absolute atomic E-state index is 0.0167. The minimum atomic E-state index is -3.75. The molecule has 2 atom stereocenters. The molecule has 2 aromatic rings. The van der Waals surface area contributed by atoms with Crippen LogP contribution in [-0.4, -0.2) is 30.3 Å². The van der Waals surface area contributed by atoms with Gasteiger partial charge >= 0.3 is 0 Å². The second kappa shape index (κ2) is 7.63. The number of benzene rings is 2. The summed E-state index contributed by atoms with van der Waals surface area (Å²) in [6, 6.07) is 6.69. The van der Waals surface area contributed by atoms with Crippen molar-refractivity contribution in [3.05, 3.63) is 59.4 Å². The van der Waals surface area contributed by atoms with Crippen molar-refractivity contribution in [2.75, 3.05) is 5.32 Å². The van der Waals surface area contributed by atoms with Crippen LogP contribution in [0.5, 0.6) is 0 Å². The second-order valence-electron chi connectivity index (χ2n) is 8.57. The molecular weight excluding hydrogens is 431 g/mol. The van der Waals surface area contributed by atoms with Crippen molar-refractivity contribution in [2.24, 2.45) is 11.8 Å². The standard InChI is InChI=1S/C22H22F3NO4S/c1-22(28)13-5-6-14(22)9-17(8-13)31(29,30)16-4-2-3-12(7-16)21(27)26-15-10-18(23)20(25)19(24)11-15/h2-4,7,10-11,13-14,17,28H,5-6,8-9H2,1H3,(H,26,27). The highest BCUT2D eigenvalue weighted by atomic mass is 32.2. The lowest BCUT2D eigenvalue weighted by atomic mass is 9.76. The van der Waals surface area contributed by atoms with Crippen molar-refractivity contribution in [1.29, 1.82) is 0 Å². The molecule has 0 spiro atoms. The van der Waals surface area contributed by atoms with Crippen molar-refractivity contribution in [2.45, 2.75) is 48.4 Å². The molecule has 0 radical (unpaired) electrons. The van der Waals surface area contributed by atoms with E-state index in [1.54, 1.807) is 6.92 Å². The molecule has 2 bridgehead atoms.